The highest BCUT2D eigenvalue weighted by molar-refractivity contribution is 6.31. The quantitative estimate of drug-likeness (QED) is 0.603. The average Bonchev–Trinajstić information content (AvgIpc) is 2.82. The lowest BCUT2D eigenvalue weighted by atomic mass is 10.3. The SMILES string of the molecule is C[C@H]1C[C@@H]1C(=O)N/C(N)=C/C(Cl)=C\N. The lowest BCUT2D eigenvalue weighted by Gasteiger charge is -2.03. The Hall–Kier alpha value is -1.16. The van der Waals surface area contributed by atoms with Gasteiger partial charge in [-0.05, 0) is 18.4 Å². The first-order chi connectivity index (χ1) is 6.54. The number of nitrogens with two attached hydrogens (primary N) is 2. The molecular weight excluding hydrogens is 202 g/mol. The van der Waals surface area contributed by atoms with E-state index in [2.05, 4.69) is 5.32 Å². The van der Waals surface area contributed by atoms with Crippen LogP contribution < -0.4 is 16.8 Å². The summed E-state index contributed by atoms with van der Waals surface area (Å²) in [6, 6.07) is 0. The predicted octanol–water partition coefficient (Wildman–Crippen LogP) is 0.598. The first-order valence-corrected chi connectivity index (χ1v) is 4.77. The van der Waals surface area contributed by atoms with Gasteiger partial charge in [0.15, 0.2) is 0 Å². The van der Waals surface area contributed by atoms with E-state index in [1.165, 1.54) is 12.3 Å². The maximum absolute atomic E-state index is 11.4. The molecule has 14 heavy (non-hydrogen) atoms. The first-order valence-electron chi connectivity index (χ1n) is 4.40. The maximum Gasteiger partial charge on any atom is 0.228 e. The molecule has 5 N–H and O–H groups in total. The molecule has 0 radical (unpaired) electrons. The predicted molar refractivity (Wildman–Crippen MR) is 55.8 cm³/mol. The van der Waals surface area contributed by atoms with Crippen LogP contribution in [0.2, 0.25) is 0 Å². The molecule has 0 aromatic heterocycles. The van der Waals surface area contributed by atoms with Crippen molar-refractivity contribution in [2.24, 2.45) is 23.3 Å². The molecule has 0 aliphatic heterocycles. The molecule has 0 bridgehead atoms. The average molecular weight is 216 g/mol. The van der Waals surface area contributed by atoms with Crippen LogP contribution in [0, 0.1) is 11.8 Å². The summed E-state index contributed by atoms with van der Waals surface area (Å²) in [4.78, 5) is 11.4. The van der Waals surface area contributed by atoms with Crippen LogP contribution in [0.4, 0.5) is 0 Å². The molecule has 0 aromatic rings. The van der Waals surface area contributed by atoms with Gasteiger partial charge in [-0.15, -0.1) is 0 Å². The molecule has 1 aliphatic rings. The fraction of sp³-hybridized carbons (Fsp3) is 0.444. The van der Waals surface area contributed by atoms with Crippen molar-refractivity contribution in [1.29, 1.82) is 0 Å². The number of nitrogens with one attached hydrogen (secondary N) is 1. The van der Waals surface area contributed by atoms with Crippen molar-refractivity contribution in [2.45, 2.75) is 13.3 Å². The molecule has 0 saturated heterocycles. The molecule has 0 unspecified atom stereocenters. The lowest BCUT2D eigenvalue weighted by molar-refractivity contribution is -0.121. The van der Waals surface area contributed by atoms with E-state index in [1.807, 2.05) is 6.92 Å². The summed E-state index contributed by atoms with van der Waals surface area (Å²) in [6.45, 7) is 2.02. The van der Waals surface area contributed by atoms with Gasteiger partial charge in [0.2, 0.25) is 5.91 Å². The highest BCUT2D eigenvalue weighted by atomic mass is 35.5. The molecule has 0 heterocycles. The number of amides is 1. The van der Waals surface area contributed by atoms with Crippen molar-refractivity contribution in [2.75, 3.05) is 0 Å². The molecular formula is C9H14ClN3O. The van der Waals surface area contributed by atoms with E-state index in [0.29, 0.717) is 11.0 Å². The minimum absolute atomic E-state index is 0.0484. The van der Waals surface area contributed by atoms with Crippen LogP contribution in [0.1, 0.15) is 13.3 Å². The number of rotatable bonds is 3. The van der Waals surface area contributed by atoms with Crippen LogP contribution in [0.15, 0.2) is 23.1 Å². The summed E-state index contributed by atoms with van der Waals surface area (Å²) < 4.78 is 0. The first kappa shape index (κ1) is 10.9. The van der Waals surface area contributed by atoms with Gasteiger partial charge in [0.1, 0.15) is 5.82 Å². The second kappa shape index (κ2) is 4.37. The van der Waals surface area contributed by atoms with Crippen LogP contribution in [-0.4, -0.2) is 5.91 Å². The topological polar surface area (TPSA) is 81.1 Å². The Kier molecular flexibility index (Phi) is 3.41. The summed E-state index contributed by atoms with van der Waals surface area (Å²) in [5.74, 6) is 0.736. The second-order valence-corrected chi connectivity index (χ2v) is 3.90. The van der Waals surface area contributed by atoms with Crippen LogP contribution >= 0.6 is 11.6 Å². The molecule has 1 saturated carbocycles. The van der Waals surface area contributed by atoms with Gasteiger partial charge in [0.25, 0.3) is 0 Å². The zero-order valence-corrected chi connectivity index (χ0v) is 8.71. The van der Waals surface area contributed by atoms with E-state index in [9.17, 15) is 4.79 Å². The molecule has 78 valence electrons. The van der Waals surface area contributed by atoms with Gasteiger partial charge in [-0.25, -0.2) is 0 Å². The number of carbonyl (C=O) groups is 1. The lowest BCUT2D eigenvalue weighted by Crippen LogP contribution is -2.29. The second-order valence-electron chi connectivity index (χ2n) is 3.46. The zero-order chi connectivity index (χ0) is 10.7. The molecule has 5 heteroatoms. The van der Waals surface area contributed by atoms with Crippen molar-refractivity contribution in [1.82, 2.24) is 5.32 Å². The molecule has 1 aliphatic carbocycles. The number of halogens is 1. The molecule has 0 aromatic carbocycles. The standard InChI is InChI=1S/C9H14ClN3O/c1-5-2-7(5)9(14)13-8(12)3-6(10)4-11/h3-5,7H,2,11-12H2,1H3,(H,13,14)/b6-4+,8-3+/t5-,7-/m0/s1. The fourth-order valence-corrected chi connectivity index (χ4v) is 1.27. The molecule has 0 spiro atoms. The van der Waals surface area contributed by atoms with Crippen LogP contribution in [0.5, 0.6) is 0 Å². The van der Waals surface area contributed by atoms with E-state index < -0.39 is 0 Å². The molecule has 1 rings (SSSR count). The van der Waals surface area contributed by atoms with E-state index in [-0.39, 0.29) is 17.6 Å². The van der Waals surface area contributed by atoms with Gasteiger partial charge in [-0.3, -0.25) is 4.79 Å². The molecule has 1 amide bonds. The number of hydrogen-bond acceptors (Lipinski definition) is 3. The summed E-state index contributed by atoms with van der Waals surface area (Å²) in [6.07, 6.45) is 3.55. The highest BCUT2D eigenvalue weighted by Gasteiger charge is 2.39. The third kappa shape index (κ3) is 2.96. The summed E-state index contributed by atoms with van der Waals surface area (Å²) in [5.41, 5.74) is 10.6. The van der Waals surface area contributed by atoms with Gasteiger partial charge < -0.3 is 16.8 Å². The zero-order valence-electron chi connectivity index (χ0n) is 7.96. The van der Waals surface area contributed by atoms with Gasteiger partial charge in [-0.1, -0.05) is 18.5 Å². The van der Waals surface area contributed by atoms with Crippen molar-refractivity contribution in [3.8, 4) is 0 Å². The van der Waals surface area contributed by atoms with Crippen molar-refractivity contribution >= 4 is 17.5 Å². The van der Waals surface area contributed by atoms with Crippen molar-refractivity contribution in [3.63, 3.8) is 0 Å². The molecule has 4 nitrogen and oxygen atoms in total. The van der Waals surface area contributed by atoms with Gasteiger partial charge in [0, 0.05) is 12.1 Å². The van der Waals surface area contributed by atoms with Gasteiger partial charge in [0.05, 0.1) is 5.03 Å². The Labute approximate surface area is 88.0 Å². The summed E-state index contributed by atoms with van der Waals surface area (Å²) in [7, 11) is 0. The van der Waals surface area contributed by atoms with E-state index in [1.54, 1.807) is 0 Å². The Bertz CT molecular complexity index is 298. The van der Waals surface area contributed by atoms with E-state index >= 15 is 0 Å². The van der Waals surface area contributed by atoms with Gasteiger partial charge in [-0.2, -0.15) is 0 Å². The highest BCUT2D eigenvalue weighted by Crippen LogP contribution is 2.37. The van der Waals surface area contributed by atoms with Crippen molar-refractivity contribution in [3.05, 3.63) is 23.1 Å². The normalized spacial score (nSPS) is 27.3. The number of carbonyl (C=O) groups excluding carboxylic acids is 1. The van der Waals surface area contributed by atoms with Crippen molar-refractivity contribution < 1.29 is 4.79 Å². The van der Waals surface area contributed by atoms with E-state index in [0.717, 1.165) is 6.42 Å². The summed E-state index contributed by atoms with van der Waals surface area (Å²) in [5, 5.41) is 2.85. The Morgan fingerprint density at radius 3 is 2.64 bits per heavy atom. The van der Waals surface area contributed by atoms with Gasteiger partial charge >= 0.3 is 0 Å². The minimum Gasteiger partial charge on any atom is -0.403 e. The summed E-state index contributed by atoms with van der Waals surface area (Å²) >= 11 is 5.60. The number of hydrogen-bond donors (Lipinski definition) is 3. The third-order valence-corrected chi connectivity index (χ3v) is 2.40. The Morgan fingerprint density at radius 1 is 1.64 bits per heavy atom. The third-order valence-electron chi connectivity index (χ3n) is 2.17. The Morgan fingerprint density at radius 2 is 2.21 bits per heavy atom. The van der Waals surface area contributed by atoms with E-state index in [4.69, 9.17) is 23.1 Å². The van der Waals surface area contributed by atoms with Crippen LogP contribution in [0.3, 0.4) is 0 Å². The van der Waals surface area contributed by atoms with Crippen LogP contribution in [0.25, 0.3) is 0 Å². The Balaban J connectivity index is 2.44. The monoisotopic (exact) mass is 215 g/mol. The largest absolute Gasteiger partial charge is 0.403 e. The maximum atomic E-state index is 11.4. The fourth-order valence-electron chi connectivity index (χ4n) is 1.16. The minimum atomic E-state index is -0.0484. The smallest absolute Gasteiger partial charge is 0.228 e. The number of allylic oxidation sites excluding steroid dienone is 2. The molecule has 2 atom stereocenters. The molecule has 1 fully saturated rings. The van der Waals surface area contributed by atoms with Crippen LogP contribution in [-0.2, 0) is 4.79 Å².